The van der Waals surface area contributed by atoms with Crippen LogP contribution in [0.3, 0.4) is 0 Å². The number of hydrogen-bond donors (Lipinski definition) is 1. The van der Waals surface area contributed by atoms with E-state index in [1.54, 1.807) is 0 Å². The molecule has 1 amide bonds. The number of benzene rings is 1. The fourth-order valence-corrected chi connectivity index (χ4v) is 3.28. The van der Waals surface area contributed by atoms with Crippen LogP contribution in [0.5, 0.6) is 0 Å². The first-order chi connectivity index (χ1) is 10.2. The number of anilines is 1. The highest BCUT2D eigenvalue weighted by atomic mass is 16.2. The molecule has 2 atom stereocenters. The van der Waals surface area contributed by atoms with Crippen LogP contribution in [0.1, 0.15) is 26.7 Å². The lowest BCUT2D eigenvalue weighted by Gasteiger charge is -2.39. The van der Waals surface area contributed by atoms with Gasteiger partial charge in [0.2, 0.25) is 5.91 Å². The van der Waals surface area contributed by atoms with Gasteiger partial charge in [-0.2, -0.15) is 0 Å². The Morgan fingerprint density at radius 1 is 1.38 bits per heavy atom. The number of carbonyl (C=O) groups excluding carboxylic acids is 1. The fraction of sp³-hybridized carbons (Fsp3) is 0.588. The van der Waals surface area contributed by atoms with Crippen molar-refractivity contribution in [1.82, 2.24) is 4.90 Å². The zero-order valence-electron chi connectivity index (χ0n) is 13.2. The van der Waals surface area contributed by atoms with Crippen molar-refractivity contribution in [2.75, 3.05) is 31.1 Å². The Morgan fingerprint density at radius 3 is 2.71 bits per heavy atom. The normalized spacial score (nSPS) is 23.0. The minimum Gasteiger partial charge on any atom is -0.329 e. The van der Waals surface area contributed by atoms with E-state index in [9.17, 15) is 4.79 Å². The highest BCUT2D eigenvalue weighted by Gasteiger charge is 2.29. The molecule has 1 aliphatic heterocycles. The van der Waals surface area contributed by atoms with Crippen molar-refractivity contribution in [3.05, 3.63) is 30.3 Å². The summed E-state index contributed by atoms with van der Waals surface area (Å²) in [6.07, 6.45) is 2.37. The third-order valence-corrected chi connectivity index (χ3v) is 4.50. The van der Waals surface area contributed by atoms with Gasteiger partial charge in [-0.3, -0.25) is 9.69 Å². The Labute approximate surface area is 127 Å². The zero-order valence-corrected chi connectivity index (χ0v) is 13.2. The first-order valence-corrected chi connectivity index (χ1v) is 7.96. The number of nitrogens with two attached hydrogens (primary N) is 1. The first kappa shape index (κ1) is 16.0. The molecule has 2 N–H and O–H groups in total. The van der Waals surface area contributed by atoms with Crippen molar-refractivity contribution >= 4 is 11.6 Å². The van der Waals surface area contributed by atoms with Crippen molar-refractivity contribution in [2.45, 2.75) is 32.7 Å². The smallest absolute Gasteiger partial charge is 0.241 e. The van der Waals surface area contributed by atoms with E-state index < -0.39 is 0 Å². The Kier molecular flexibility index (Phi) is 5.76. The van der Waals surface area contributed by atoms with Crippen molar-refractivity contribution in [1.29, 1.82) is 0 Å². The average molecular weight is 289 g/mol. The van der Waals surface area contributed by atoms with Crippen LogP contribution in [-0.2, 0) is 4.79 Å². The lowest BCUT2D eigenvalue weighted by molar-refractivity contribution is -0.120. The quantitative estimate of drug-likeness (QED) is 0.903. The highest BCUT2D eigenvalue weighted by molar-refractivity contribution is 5.94. The fourth-order valence-electron chi connectivity index (χ4n) is 3.28. The molecule has 1 heterocycles. The van der Waals surface area contributed by atoms with Crippen molar-refractivity contribution < 1.29 is 4.79 Å². The molecule has 21 heavy (non-hydrogen) atoms. The summed E-state index contributed by atoms with van der Waals surface area (Å²) in [5.41, 5.74) is 6.88. The van der Waals surface area contributed by atoms with Gasteiger partial charge in [-0.25, -0.2) is 0 Å². The van der Waals surface area contributed by atoms with Crippen LogP contribution >= 0.6 is 0 Å². The summed E-state index contributed by atoms with van der Waals surface area (Å²) < 4.78 is 0. The van der Waals surface area contributed by atoms with E-state index in [0.29, 0.717) is 31.6 Å². The van der Waals surface area contributed by atoms with Gasteiger partial charge in [0.05, 0.1) is 6.54 Å². The molecule has 0 spiro atoms. The Hall–Kier alpha value is -1.39. The van der Waals surface area contributed by atoms with E-state index in [0.717, 1.165) is 18.7 Å². The average Bonchev–Trinajstić information content (AvgIpc) is 2.49. The molecule has 1 saturated heterocycles. The van der Waals surface area contributed by atoms with E-state index >= 15 is 0 Å². The maximum atomic E-state index is 12.7. The van der Waals surface area contributed by atoms with Gasteiger partial charge < -0.3 is 10.6 Å². The second-order valence-electron chi connectivity index (χ2n) is 5.87. The standard InChI is InChI=1S/C17H27N3O/c1-3-20(15-9-5-4-6-10-15)17(21)13-19-11-7-8-14(2)16(19)12-18/h4-6,9-10,14,16H,3,7-8,11-13,18H2,1-2H3. The van der Waals surface area contributed by atoms with Gasteiger partial charge in [0.25, 0.3) is 0 Å². The lowest BCUT2D eigenvalue weighted by atomic mass is 9.91. The second kappa shape index (κ2) is 7.57. The van der Waals surface area contributed by atoms with Gasteiger partial charge in [-0.1, -0.05) is 25.1 Å². The highest BCUT2D eigenvalue weighted by Crippen LogP contribution is 2.23. The van der Waals surface area contributed by atoms with E-state index in [-0.39, 0.29) is 5.91 Å². The number of hydrogen-bond acceptors (Lipinski definition) is 3. The number of nitrogens with zero attached hydrogens (tertiary/aromatic N) is 2. The summed E-state index contributed by atoms with van der Waals surface area (Å²) in [6.45, 7) is 7.03. The van der Waals surface area contributed by atoms with Gasteiger partial charge in [0.15, 0.2) is 0 Å². The van der Waals surface area contributed by atoms with E-state index in [4.69, 9.17) is 5.73 Å². The maximum absolute atomic E-state index is 12.7. The topological polar surface area (TPSA) is 49.6 Å². The largest absolute Gasteiger partial charge is 0.329 e. The third kappa shape index (κ3) is 3.83. The predicted octanol–water partition coefficient (Wildman–Crippen LogP) is 2.10. The number of likely N-dealkylation sites (N-methyl/N-ethyl adjacent to an activating group) is 1. The van der Waals surface area contributed by atoms with Gasteiger partial charge in [-0.05, 0) is 44.4 Å². The number of carbonyl (C=O) groups is 1. The summed E-state index contributed by atoms with van der Waals surface area (Å²) in [5.74, 6) is 0.736. The van der Waals surface area contributed by atoms with Crippen molar-refractivity contribution in [3.63, 3.8) is 0 Å². The van der Waals surface area contributed by atoms with Gasteiger partial charge in [-0.15, -0.1) is 0 Å². The molecule has 0 radical (unpaired) electrons. The van der Waals surface area contributed by atoms with Crippen LogP contribution in [-0.4, -0.2) is 43.0 Å². The molecule has 2 unspecified atom stereocenters. The third-order valence-electron chi connectivity index (χ3n) is 4.50. The van der Waals surface area contributed by atoms with Crippen LogP contribution < -0.4 is 10.6 Å². The molecule has 4 nitrogen and oxygen atoms in total. The van der Waals surface area contributed by atoms with Crippen molar-refractivity contribution in [3.8, 4) is 0 Å². The van der Waals surface area contributed by atoms with Crippen LogP contribution in [0, 0.1) is 5.92 Å². The van der Waals surface area contributed by atoms with E-state index in [2.05, 4.69) is 11.8 Å². The molecular weight excluding hydrogens is 262 g/mol. The van der Waals surface area contributed by atoms with Gasteiger partial charge in [0, 0.05) is 24.8 Å². The molecule has 0 aliphatic carbocycles. The number of likely N-dealkylation sites (tertiary alicyclic amines) is 1. The first-order valence-electron chi connectivity index (χ1n) is 7.96. The Morgan fingerprint density at radius 2 is 2.10 bits per heavy atom. The monoisotopic (exact) mass is 289 g/mol. The van der Waals surface area contributed by atoms with Gasteiger partial charge in [0.1, 0.15) is 0 Å². The minimum absolute atomic E-state index is 0.163. The van der Waals surface area contributed by atoms with E-state index in [1.165, 1.54) is 6.42 Å². The molecule has 1 aromatic carbocycles. The number of rotatable bonds is 5. The maximum Gasteiger partial charge on any atom is 0.241 e. The number of amides is 1. The molecular formula is C17H27N3O. The van der Waals surface area contributed by atoms with Crippen LogP contribution in [0.15, 0.2) is 30.3 Å². The van der Waals surface area contributed by atoms with Crippen LogP contribution in [0.2, 0.25) is 0 Å². The molecule has 1 aliphatic rings. The van der Waals surface area contributed by atoms with Crippen molar-refractivity contribution in [2.24, 2.45) is 11.7 Å². The Balaban J connectivity index is 2.05. The predicted molar refractivity (Wildman–Crippen MR) is 87.3 cm³/mol. The van der Waals surface area contributed by atoms with E-state index in [1.807, 2.05) is 42.2 Å². The molecule has 1 aromatic rings. The number of piperidine rings is 1. The summed E-state index contributed by atoms with van der Waals surface area (Å²) >= 11 is 0. The zero-order chi connectivity index (χ0) is 15.2. The molecule has 0 bridgehead atoms. The summed E-state index contributed by atoms with van der Waals surface area (Å²) in [6, 6.07) is 10.2. The Bertz CT molecular complexity index is 449. The molecule has 0 saturated carbocycles. The second-order valence-corrected chi connectivity index (χ2v) is 5.87. The van der Waals surface area contributed by atoms with Crippen LogP contribution in [0.4, 0.5) is 5.69 Å². The lowest BCUT2D eigenvalue weighted by Crippen LogP contribution is -2.52. The molecule has 116 valence electrons. The summed E-state index contributed by atoms with van der Waals surface area (Å²) in [4.78, 5) is 16.8. The SMILES string of the molecule is CCN(C(=O)CN1CCCC(C)C1CN)c1ccccc1. The molecule has 4 heteroatoms. The molecule has 2 rings (SSSR count). The minimum atomic E-state index is 0.163. The molecule has 0 aromatic heterocycles. The summed E-state index contributed by atoms with van der Waals surface area (Å²) in [5, 5.41) is 0. The molecule has 1 fully saturated rings. The van der Waals surface area contributed by atoms with Crippen LogP contribution in [0.25, 0.3) is 0 Å². The van der Waals surface area contributed by atoms with Gasteiger partial charge >= 0.3 is 0 Å². The number of para-hydroxylation sites is 1. The summed E-state index contributed by atoms with van der Waals surface area (Å²) in [7, 11) is 0.